The number of fused-ring (bicyclic) bond motifs is 2. The van der Waals surface area contributed by atoms with Crippen LogP contribution in [0.3, 0.4) is 0 Å². The van der Waals surface area contributed by atoms with Gasteiger partial charge < -0.3 is 13.8 Å². The predicted octanol–water partition coefficient (Wildman–Crippen LogP) is 0.516. The van der Waals surface area contributed by atoms with Gasteiger partial charge in [0, 0.05) is 0 Å². The molecule has 2 bridgehead atoms. The molecule has 140 valence electrons. The first-order valence-electron chi connectivity index (χ1n) is 6.67. The summed E-state index contributed by atoms with van der Waals surface area (Å²) >= 11 is 0. The second kappa shape index (κ2) is 6.55. The van der Waals surface area contributed by atoms with Gasteiger partial charge in [0.05, 0.1) is 20.3 Å². The number of nitrogens with zero attached hydrogens (tertiary/aromatic N) is 2. The highest BCUT2D eigenvalue weighted by molar-refractivity contribution is 7.87. The lowest BCUT2D eigenvalue weighted by molar-refractivity contribution is -0.144. The van der Waals surface area contributed by atoms with Crippen LogP contribution in [-0.2, 0) is 28.7 Å². The molecule has 0 aromatic carbocycles. The van der Waals surface area contributed by atoms with Gasteiger partial charge >= 0.3 is 27.6 Å². The predicted molar refractivity (Wildman–Crippen MR) is 73.8 cm³/mol. The number of rotatable bonds is 6. The summed E-state index contributed by atoms with van der Waals surface area (Å²) in [5.41, 5.74) is -5.68. The molecule has 0 aromatic heterocycles. The lowest BCUT2D eigenvalue weighted by atomic mass is 10.1. The smallest absolute Gasteiger partial charge is 0.467 e. The molecule has 2 atom stereocenters. The third kappa shape index (κ3) is 3.42. The van der Waals surface area contributed by atoms with Crippen LogP contribution in [0.2, 0.25) is 0 Å². The first-order chi connectivity index (χ1) is 11.5. The van der Waals surface area contributed by atoms with Gasteiger partial charge in [-0.05, 0) is 6.08 Å². The molecule has 0 spiro atoms. The van der Waals surface area contributed by atoms with Crippen molar-refractivity contribution in [3.8, 4) is 0 Å². The molecule has 9 nitrogen and oxygen atoms in total. The number of carbonyl (C=O) groups is 2. The van der Waals surface area contributed by atoms with Gasteiger partial charge in [-0.15, -0.1) is 6.58 Å². The van der Waals surface area contributed by atoms with Crippen molar-refractivity contribution in [1.29, 1.82) is 0 Å². The molecule has 2 heterocycles. The van der Waals surface area contributed by atoms with E-state index in [0.717, 1.165) is 18.1 Å². The first-order valence-corrected chi connectivity index (χ1v) is 8.08. The summed E-state index contributed by atoms with van der Waals surface area (Å²) in [4.78, 5) is 30.0. The molecule has 2 rings (SSSR count). The van der Waals surface area contributed by atoms with Crippen molar-refractivity contribution in [3.05, 3.63) is 24.5 Å². The minimum Gasteiger partial charge on any atom is -0.467 e. The summed E-state index contributed by atoms with van der Waals surface area (Å²) in [5, 5.41) is 0.627. The molecular weight excluding hydrogens is 373 g/mol. The van der Waals surface area contributed by atoms with Crippen LogP contribution in [0.15, 0.2) is 24.5 Å². The van der Waals surface area contributed by atoms with E-state index in [9.17, 15) is 31.2 Å². The summed E-state index contributed by atoms with van der Waals surface area (Å²) in [6.07, 6.45) is 2.04. The number of carbonyl (C=O) groups excluding carboxylic acids is 2. The zero-order valence-electron chi connectivity index (χ0n) is 12.7. The molecule has 1 saturated heterocycles. The van der Waals surface area contributed by atoms with Crippen LogP contribution in [0.25, 0.3) is 0 Å². The monoisotopic (exact) mass is 386 g/mol. The van der Waals surface area contributed by atoms with Crippen LogP contribution < -0.4 is 0 Å². The Hall–Kier alpha value is -2.28. The molecule has 0 unspecified atom stereocenters. The standard InChI is InChI=1S/C12H13F3N2O7S/c1-3-4-23-17-8-6-16(11(17)19)7(10(18)22-2)5-9(8)24-25(20,21)12(13,14)15/h3,5,7-8H,1,4,6H2,2H3/t7-,8-/m0/s1. The van der Waals surface area contributed by atoms with Crippen molar-refractivity contribution >= 4 is 22.1 Å². The molecule has 2 aliphatic heterocycles. The fourth-order valence-electron chi connectivity index (χ4n) is 2.24. The number of alkyl halides is 3. The normalized spacial score (nSPS) is 23.4. The van der Waals surface area contributed by atoms with E-state index in [-0.39, 0.29) is 13.2 Å². The number of hydroxylamine groups is 2. The van der Waals surface area contributed by atoms with Gasteiger partial charge in [-0.3, -0.25) is 4.84 Å². The second-order valence-corrected chi connectivity index (χ2v) is 6.42. The van der Waals surface area contributed by atoms with Crippen LogP contribution in [0, 0.1) is 0 Å². The van der Waals surface area contributed by atoms with E-state index in [2.05, 4.69) is 15.5 Å². The molecule has 13 heteroatoms. The Kier molecular flexibility index (Phi) is 4.99. The minimum atomic E-state index is -5.99. The molecule has 1 fully saturated rings. The number of amides is 2. The van der Waals surface area contributed by atoms with Gasteiger partial charge in [0.1, 0.15) is 11.8 Å². The molecule has 0 saturated carbocycles. The molecule has 25 heavy (non-hydrogen) atoms. The van der Waals surface area contributed by atoms with Crippen molar-refractivity contribution in [3.63, 3.8) is 0 Å². The van der Waals surface area contributed by atoms with E-state index in [4.69, 9.17) is 4.84 Å². The van der Waals surface area contributed by atoms with Gasteiger partial charge in [-0.25, -0.2) is 9.59 Å². The SMILES string of the molecule is C=CCON1C(=O)N2C[C@H]1C(OS(=O)(=O)C(F)(F)F)=C[C@H]2C(=O)OC. The minimum absolute atomic E-state index is 0.182. The molecule has 0 N–H and O–H groups in total. The molecule has 0 aromatic rings. The van der Waals surface area contributed by atoms with Gasteiger partial charge in [-0.1, -0.05) is 6.08 Å². The van der Waals surface area contributed by atoms with Crippen LogP contribution in [-0.4, -0.2) is 68.2 Å². The fourth-order valence-corrected chi connectivity index (χ4v) is 2.76. The first kappa shape index (κ1) is 19.1. The number of ether oxygens (including phenoxy) is 1. The van der Waals surface area contributed by atoms with Crippen molar-refractivity contribution in [2.24, 2.45) is 0 Å². The highest BCUT2D eigenvalue weighted by Crippen LogP contribution is 2.35. The zero-order chi connectivity index (χ0) is 19.0. The van der Waals surface area contributed by atoms with Crippen molar-refractivity contribution in [2.75, 3.05) is 20.3 Å². The lowest BCUT2D eigenvalue weighted by Crippen LogP contribution is -2.45. The quantitative estimate of drug-likeness (QED) is 0.284. The van der Waals surface area contributed by atoms with Crippen LogP contribution in [0.5, 0.6) is 0 Å². The Morgan fingerprint density at radius 3 is 2.64 bits per heavy atom. The summed E-state index contributed by atoms with van der Waals surface area (Å²) in [6, 6.07) is -3.60. The molecular formula is C12H13F3N2O7S. The Bertz CT molecular complexity index is 719. The summed E-state index contributed by atoms with van der Waals surface area (Å²) in [5.74, 6) is -1.75. The number of halogens is 3. The molecule has 0 radical (unpaired) electrons. The lowest BCUT2D eigenvalue weighted by Gasteiger charge is -2.27. The highest BCUT2D eigenvalue weighted by atomic mass is 32.2. The molecule has 2 aliphatic rings. The van der Waals surface area contributed by atoms with E-state index in [1.165, 1.54) is 6.08 Å². The van der Waals surface area contributed by atoms with E-state index in [1.54, 1.807) is 0 Å². The van der Waals surface area contributed by atoms with Gasteiger partial charge in [0.25, 0.3) is 0 Å². The Morgan fingerprint density at radius 1 is 1.48 bits per heavy atom. The highest BCUT2D eigenvalue weighted by Gasteiger charge is 2.54. The fraction of sp³-hybridized carbons (Fsp3) is 0.500. The number of hydrogen-bond donors (Lipinski definition) is 0. The van der Waals surface area contributed by atoms with Gasteiger partial charge in [0.15, 0.2) is 6.04 Å². The van der Waals surface area contributed by atoms with E-state index in [0.29, 0.717) is 5.06 Å². The van der Waals surface area contributed by atoms with Gasteiger partial charge in [-0.2, -0.15) is 26.7 Å². The number of hydrogen-bond acceptors (Lipinski definition) is 7. The van der Waals surface area contributed by atoms with E-state index in [1.807, 2.05) is 0 Å². The summed E-state index contributed by atoms with van der Waals surface area (Å²) in [6.45, 7) is 2.85. The Labute approximate surface area is 140 Å². The van der Waals surface area contributed by atoms with Gasteiger partial charge in [0.2, 0.25) is 0 Å². The topological polar surface area (TPSA) is 102 Å². The second-order valence-electron chi connectivity index (χ2n) is 4.88. The third-order valence-electron chi connectivity index (χ3n) is 3.34. The van der Waals surface area contributed by atoms with E-state index < -0.39 is 45.5 Å². The average Bonchev–Trinajstić information content (AvgIpc) is 2.79. The average molecular weight is 386 g/mol. The summed E-state index contributed by atoms with van der Waals surface area (Å²) in [7, 11) is -4.99. The zero-order valence-corrected chi connectivity index (χ0v) is 13.5. The van der Waals surface area contributed by atoms with E-state index >= 15 is 0 Å². The maximum absolute atomic E-state index is 12.6. The third-order valence-corrected chi connectivity index (χ3v) is 4.32. The molecule has 0 aliphatic carbocycles. The van der Waals surface area contributed by atoms with Crippen molar-refractivity contribution in [2.45, 2.75) is 17.6 Å². The number of methoxy groups -OCH3 is 1. The van der Waals surface area contributed by atoms with Crippen molar-refractivity contribution in [1.82, 2.24) is 9.96 Å². The Morgan fingerprint density at radius 2 is 2.12 bits per heavy atom. The summed E-state index contributed by atoms with van der Waals surface area (Å²) < 4.78 is 68.8. The largest absolute Gasteiger partial charge is 0.534 e. The van der Waals surface area contributed by atoms with Crippen LogP contribution >= 0.6 is 0 Å². The van der Waals surface area contributed by atoms with Crippen molar-refractivity contribution < 1.29 is 44.9 Å². The molecule has 2 amide bonds. The Balaban J connectivity index is 2.41. The number of urea groups is 1. The number of esters is 1. The van der Waals surface area contributed by atoms with Crippen LogP contribution in [0.1, 0.15) is 0 Å². The van der Waals surface area contributed by atoms with Crippen LogP contribution in [0.4, 0.5) is 18.0 Å². The maximum atomic E-state index is 12.6. The maximum Gasteiger partial charge on any atom is 0.534 e.